The van der Waals surface area contributed by atoms with Gasteiger partial charge in [-0.3, -0.25) is 4.79 Å². The average molecular weight is 444 g/mol. The van der Waals surface area contributed by atoms with Crippen molar-refractivity contribution in [3.8, 4) is 17.5 Å². The second kappa shape index (κ2) is 9.12. The van der Waals surface area contributed by atoms with E-state index in [0.717, 1.165) is 27.2 Å². The fraction of sp³-hybridized carbons (Fsp3) is 0.167. The lowest BCUT2D eigenvalue weighted by Gasteiger charge is -2.15. The van der Waals surface area contributed by atoms with Gasteiger partial charge in [-0.1, -0.05) is 42.1 Å². The molecule has 1 amide bonds. The molecule has 2 aromatic heterocycles. The van der Waals surface area contributed by atoms with Gasteiger partial charge >= 0.3 is 0 Å². The molecule has 0 bridgehead atoms. The van der Waals surface area contributed by atoms with Gasteiger partial charge in [0.05, 0.1) is 29.3 Å². The zero-order valence-corrected chi connectivity index (χ0v) is 18.7. The monoisotopic (exact) mass is 443 g/mol. The minimum absolute atomic E-state index is 0.247. The van der Waals surface area contributed by atoms with E-state index in [1.165, 1.54) is 18.0 Å². The second-order valence-electron chi connectivity index (χ2n) is 7.15. The van der Waals surface area contributed by atoms with Gasteiger partial charge in [0, 0.05) is 5.39 Å². The number of anilines is 1. The molecule has 1 atom stereocenters. The van der Waals surface area contributed by atoms with Gasteiger partial charge in [0.15, 0.2) is 5.82 Å². The summed E-state index contributed by atoms with van der Waals surface area (Å²) in [5, 5.41) is 17.9. The first-order valence-electron chi connectivity index (χ1n) is 9.97. The molecular weight excluding hydrogens is 422 g/mol. The smallest absolute Gasteiger partial charge is 0.238 e. The highest BCUT2D eigenvalue weighted by molar-refractivity contribution is 8.00. The maximum Gasteiger partial charge on any atom is 0.238 e. The number of fused-ring (bicyclic) bond motifs is 1. The van der Waals surface area contributed by atoms with E-state index in [1.54, 1.807) is 18.7 Å². The first kappa shape index (κ1) is 21.4. The zero-order chi connectivity index (χ0) is 22.7. The highest BCUT2D eigenvalue weighted by Gasteiger charge is 2.21. The Hall–Kier alpha value is -3.83. The van der Waals surface area contributed by atoms with Gasteiger partial charge in [-0.05, 0) is 43.7 Å². The van der Waals surface area contributed by atoms with Crippen molar-refractivity contribution in [2.24, 2.45) is 0 Å². The van der Waals surface area contributed by atoms with Crippen LogP contribution in [0.15, 0.2) is 65.8 Å². The van der Waals surface area contributed by atoms with Crippen LogP contribution in [-0.4, -0.2) is 33.0 Å². The molecule has 32 heavy (non-hydrogen) atoms. The second-order valence-corrected chi connectivity index (χ2v) is 8.51. The van der Waals surface area contributed by atoms with E-state index in [9.17, 15) is 10.1 Å². The van der Waals surface area contributed by atoms with Gasteiger partial charge in [-0.2, -0.15) is 10.4 Å². The van der Waals surface area contributed by atoms with E-state index >= 15 is 0 Å². The number of thioether (sulfide) groups is 1. The summed E-state index contributed by atoms with van der Waals surface area (Å²) in [5.74, 6) is 0.791. The maximum absolute atomic E-state index is 13.0. The summed E-state index contributed by atoms with van der Waals surface area (Å²) in [6.07, 6.45) is 1.45. The van der Waals surface area contributed by atoms with Gasteiger partial charge in [-0.25, -0.2) is 9.67 Å². The summed E-state index contributed by atoms with van der Waals surface area (Å²) < 4.78 is 7.00. The molecule has 0 aliphatic heterocycles. The van der Waals surface area contributed by atoms with E-state index in [-0.39, 0.29) is 5.91 Å². The van der Waals surface area contributed by atoms with E-state index in [2.05, 4.69) is 16.5 Å². The molecule has 1 N–H and O–H groups in total. The van der Waals surface area contributed by atoms with E-state index < -0.39 is 5.25 Å². The van der Waals surface area contributed by atoms with E-state index in [1.807, 2.05) is 61.5 Å². The van der Waals surface area contributed by atoms with Crippen molar-refractivity contribution < 1.29 is 9.53 Å². The summed E-state index contributed by atoms with van der Waals surface area (Å²) in [5.41, 5.74) is 2.87. The van der Waals surface area contributed by atoms with Crippen molar-refractivity contribution in [1.29, 1.82) is 5.26 Å². The third-order valence-corrected chi connectivity index (χ3v) is 6.02. The number of hydrogen-bond donors (Lipinski definition) is 1. The Morgan fingerprint density at radius 1 is 1.22 bits per heavy atom. The number of carbonyl (C=O) groups is 1. The number of carbonyl (C=O) groups excluding carboxylic acids is 1. The first-order chi connectivity index (χ1) is 15.5. The number of hydrogen-bond acceptors (Lipinski definition) is 6. The predicted octanol–water partition coefficient (Wildman–Crippen LogP) is 4.73. The Kier molecular flexibility index (Phi) is 6.10. The van der Waals surface area contributed by atoms with Crippen molar-refractivity contribution in [3.63, 3.8) is 0 Å². The van der Waals surface area contributed by atoms with Crippen LogP contribution in [0.2, 0.25) is 0 Å². The number of pyridine rings is 1. The molecule has 2 aromatic carbocycles. The fourth-order valence-electron chi connectivity index (χ4n) is 3.35. The molecule has 4 aromatic rings. The topological polar surface area (TPSA) is 92.8 Å². The van der Waals surface area contributed by atoms with Crippen LogP contribution in [0, 0.1) is 18.3 Å². The Bertz CT molecular complexity index is 1330. The summed E-state index contributed by atoms with van der Waals surface area (Å²) >= 11 is 1.35. The van der Waals surface area contributed by atoms with Crippen molar-refractivity contribution in [3.05, 3.63) is 71.9 Å². The number of benzene rings is 2. The lowest BCUT2D eigenvalue weighted by molar-refractivity contribution is -0.115. The molecular formula is C24H21N5O2S. The first-order valence-corrected chi connectivity index (χ1v) is 10.8. The van der Waals surface area contributed by atoms with Crippen molar-refractivity contribution >= 4 is 34.4 Å². The minimum atomic E-state index is -0.459. The van der Waals surface area contributed by atoms with Crippen LogP contribution in [0.5, 0.6) is 5.75 Å². The van der Waals surface area contributed by atoms with Crippen molar-refractivity contribution in [1.82, 2.24) is 14.8 Å². The number of rotatable bonds is 6. The van der Waals surface area contributed by atoms with Gasteiger partial charge in [0.25, 0.3) is 0 Å². The minimum Gasteiger partial charge on any atom is -0.494 e. The van der Waals surface area contributed by atoms with Crippen molar-refractivity contribution in [2.45, 2.75) is 24.1 Å². The molecule has 1 unspecified atom stereocenters. The van der Waals surface area contributed by atoms with E-state index in [0.29, 0.717) is 17.1 Å². The van der Waals surface area contributed by atoms with Crippen LogP contribution < -0.4 is 10.1 Å². The van der Waals surface area contributed by atoms with Crippen LogP contribution >= 0.6 is 11.8 Å². The standard InChI is InChI=1S/C24H21N5O2S/c1-15-12-21(27-22-19(15)10-7-11-20(22)31-3)32-16(2)24(30)28-23-17(13-25)14-26-29(23)18-8-5-4-6-9-18/h4-12,14,16H,1-3H3,(H,28,30). The lowest BCUT2D eigenvalue weighted by Crippen LogP contribution is -2.24. The van der Waals surface area contributed by atoms with Gasteiger partial charge in [0.1, 0.15) is 22.9 Å². The van der Waals surface area contributed by atoms with Crippen LogP contribution in [0.1, 0.15) is 18.1 Å². The number of aromatic nitrogens is 3. The average Bonchev–Trinajstić information content (AvgIpc) is 3.21. The quantitative estimate of drug-likeness (QED) is 0.433. The third-order valence-electron chi connectivity index (χ3n) is 5.00. The number of ether oxygens (including phenoxy) is 1. The Morgan fingerprint density at radius 2 is 2.00 bits per heavy atom. The SMILES string of the molecule is COc1cccc2c(C)cc(SC(C)C(=O)Nc3c(C#N)cnn3-c3ccccc3)nc12. The molecule has 0 saturated heterocycles. The molecule has 0 fully saturated rings. The van der Waals surface area contributed by atoms with Crippen LogP contribution in [-0.2, 0) is 4.79 Å². The summed E-state index contributed by atoms with van der Waals surface area (Å²) in [6.45, 7) is 3.81. The molecule has 0 aliphatic rings. The number of nitriles is 1. The number of nitrogens with zero attached hydrogens (tertiary/aromatic N) is 4. The van der Waals surface area contributed by atoms with Crippen LogP contribution in [0.25, 0.3) is 16.6 Å². The fourth-order valence-corrected chi connectivity index (χ4v) is 4.27. The van der Waals surface area contributed by atoms with Crippen LogP contribution in [0.3, 0.4) is 0 Å². The number of para-hydroxylation sites is 2. The maximum atomic E-state index is 13.0. The number of aryl methyl sites for hydroxylation is 1. The molecule has 2 heterocycles. The van der Waals surface area contributed by atoms with Gasteiger partial charge in [-0.15, -0.1) is 0 Å². The summed E-state index contributed by atoms with van der Waals surface area (Å²) in [6, 6.07) is 19.2. The van der Waals surface area contributed by atoms with E-state index in [4.69, 9.17) is 9.72 Å². The molecule has 8 heteroatoms. The number of methoxy groups -OCH3 is 1. The lowest BCUT2D eigenvalue weighted by atomic mass is 10.1. The summed E-state index contributed by atoms with van der Waals surface area (Å²) in [4.78, 5) is 17.7. The molecule has 7 nitrogen and oxygen atoms in total. The highest BCUT2D eigenvalue weighted by atomic mass is 32.2. The van der Waals surface area contributed by atoms with Crippen LogP contribution in [0.4, 0.5) is 5.82 Å². The zero-order valence-electron chi connectivity index (χ0n) is 17.9. The molecule has 160 valence electrons. The number of nitrogens with one attached hydrogen (secondary N) is 1. The molecule has 0 aliphatic carbocycles. The van der Waals surface area contributed by atoms with Crippen molar-refractivity contribution in [2.75, 3.05) is 12.4 Å². The molecule has 0 saturated carbocycles. The largest absolute Gasteiger partial charge is 0.494 e. The van der Waals surface area contributed by atoms with Gasteiger partial charge < -0.3 is 10.1 Å². The molecule has 0 radical (unpaired) electrons. The molecule has 0 spiro atoms. The molecule has 4 rings (SSSR count). The Morgan fingerprint density at radius 3 is 2.72 bits per heavy atom. The third kappa shape index (κ3) is 4.15. The highest BCUT2D eigenvalue weighted by Crippen LogP contribution is 2.31. The number of amides is 1. The summed E-state index contributed by atoms with van der Waals surface area (Å²) in [7, 11) is 1.62. The normalized spacial score (nSPS) is 11.7. The Labute approximate surface area is 190 Å². The van der Waals surface area contributed by atoms with Gasteiger partial charge in [0.2, 0.25) is 5.91 Å². The predicted molar refractivity (Wildman–Crippen MR) is 125 cm³/mol. The Balaban J connectivity index is 1.59.